The van der Waals surface area contributed by atoms with Crippen molar-refractivity contribution >= 4 is 5.91 Å². The zero-order chi connectivity index (χ0) is 19.0. The third-order valence-corrected chi connectivity index (χ3v) is 5.99. The van der Waals surface area contributed by atoms with Crippen LogP contribution in [0.3, 0.4) is 0 Å². The fourth-order valence-electron chi connectivity index (χ4n) is 4.10. The first-order chi connectivity index (χ1) is 13.1. The molecule has 7 heteroatoms. The van der Waals surface area contributed by atoms with Crippen LogP contribution in [0, 0.1) is 6.92 Å². The monoisotopic (exact) mass is 368 g/mol. The number of hydrogen-bond acceptors (Lipinski definition) is 5. The Labute approximate surface area is 160 Å². The fourth-order valence-corrected chi connectivity index (χ4v) is 4.10. The molecule has 4 heterocycles. The van der Waals surface area contributed by atoms with E-state index in [0.29, 0.717) is 24.7 Å². The molecule has 1 N–H and O–H groups in total. The van der Waals surface area contributed by atoms with Crippen molar-refractivity contribution in [2.24, 2.45) is 0 Å². The van der Waals surface area contributed by atoms with E-state index in [1.165, 1.54) is 0 Å². The molecule has 1 fully saturated rings. The third-order valence-electron chi connectivity index (χ3n) is 5.99. The molecule has 144 valence electrons. The molecule has 0 unspecified atom stereocenters. The number of piperidine rings is 1. The number of aryl methyl sites for hydroxylation is 1. The summed E-state index contributed by atoms with van der Waals surface area (Å²) >= 11 is 0. The Morgan fingerprint density at radius 2 is 2.07 bits per heavy atom. The summed E-state index contributed by atoms with van der Waals surface area (Å²) < 4.78 is 0. The highest BCUT2D eigenvalue weighted by molar-refractivity contribution is 5.94. The molecular weight excluding hydrogens is 340 g/mol. The molecule has 2 aliphatic rings. The minimum Gasteiger partial charge on any atom is -0.332 e. The van der Waals surface area contributed by atoms with Gasteiger partial charge in [0.25, 0.3) is 5.91 Å². The van der Waals surface area contributed by atoms with E-state index in [1.54, 1.807) is 0 Å². The molecule has 0 aliphatic carbocycles. The number of H-pyrrole nitrogens is 1. The Morgan fingerprint density at radius 1 is 1.30 bits per heavy atom. The number of amides is 1. The molecule has 2 aromatic heterocycles. The van der Waals surface area contributed by atoms with Gasteiger partial charge in [-0.2, -0.15) is 5.10 Å². The minimum atomic E-state index is -0.00602. The highest BCUT2D eigenvalue weighted by Gasteiger charge is 2.28. The van der Waals surface area contributed by atoms with Crippen LogP contribution in [0.25, 0.3) is 0 Å². The van der Waals surface area contributed by atoms with Gasteiger partial charge in [0.2, 0.25) is 0 Å². The molecule has 4 rings (SSSR count). The maximum Gasteiger partial charge on any atom is 0.274 e. The van der Waals surface area contributed by atoms with Gasteiger partial charge in [0.05, 0.1) is 5.69 Å². The quantitative estimate of drug-likeness (QED) is 0.897. The number of aromatic amines is 1. The van der Waals surface area contributed by atoms with E-state index in [0.717, 1.165) is 67.1 Å². The van der Waals surface area contributed by atoms with E-state index in [2.05, 4.69) is 34.1 Å². The van der Waals surface area contributed by atoms with Crippen LogP contribution in [-0.2, 0) is 19.4 Å². The second-order valence-corrected chi connectivity index (χ2v) is 7.78. The van der Waals surface area contributed by atoms with Gasteiger partial charge in [0.1, 0.15) is 5.82 Å². The predicted molar refractivity (Wildman–Crippen MR) is 103 cm³/mol. The maximum absolute atomic E-state index is 12.9. The van der Waals surface area contributed by atoms with Crippen LogP contribution >= 0.6 is 0 Å². The highest BCUT2D eigenvalue weighted by Crippen LogP contribution is 2.27. The summed E-state index contributed by atoms with van der Waals surface area (Å²) in [6, 6.07) is 0. The zero-order valence-electron chi connectivity index (χ0n) is 16.5. The molecule has 1 saturated heterocycles. The van der Waals surface area contributed by atoms with Gasteiger partial charge in [-0.25, -0.2) is 9.97 Å². The average molecular weight is 368 g/mol. The van der Waals surface area contributed by atoms with Crippen LogP contribution in [0.2, 0.25) is 0 Å². The second-order valence-electron chi connectivity index (χ2n) is 7.78. The van der Waals surface area contributed by atoms with Gasteiger partial charge >= 0.3 is 0 Å². The predicted octanol–water partition coefficient (Wildman–Crippen LogP) is 2.08. The first-order valence-corrected chi connectivity index (χ1v) is 9.93. The van der Waals surface area contributed by atoms with E-state index in [-0.39, 0.29) is 5.91 Å². The van der Waals surface area contributed by atoms with Gasteiger partial charge in [-0.05, 0) is 46.3 Å². The molecule has 1 amide bonds. The van der Waals surface area contributed by atoms with Gasteiger partial charge in [-0.1, -0.05) is 6.92 Å². The SMILES string of the molecule is CCc1[nH]nc(C(=O)N2CCc3nc(C4CCN(C)CC4)ncc3C2)c1C. The number of nitrogens with zero attached hydrogens (tertiary/aromatic N) is 5. The van der Waals surface area contributed by atoms with Crippen molar-refractivity contribution in [2.45, 2.75) is 52.0 Å². The molecular formula is C20H28N6O. The number of nitrogens with one attached hydrogen (secondary N) is 1. The molecule has 0 saturated carbocycles. The largest absolute Gasteiger partial charge is 0.332 e. The summed E-state index contributed by atoms with van der Waals surface area (Å²) in [6.45, 7) is 7.49. The van der Waals surface area contributed by atoms with Gasteiger partial charge in [0.15, 0.2) is 5.69 Å². The summed E-state index contributed by atoms with van der Waals surface area (Å²) in [5, 5.41) is 7.23. The van der Waals surface area contributed by atoms with Crippen molar-refractivity contribution in [2.75, 3.05) is 26.7 Å². The lowest BCUT2D eigenvalue weighted by molar-refractivity contribution is 0.0726. The number of rotatable bonds is 3. The van der Waals surface area contributed by atoms with Gasteiger partial charge < -0.3 is 9.80 Å². The molecule has 7 nitrogen and oxygen atoms in total. The zero-order valence-corrected chi connectivity index (χ0v) is 16.5. The summed E-state index contributed by atoms with van der Waals surface area (Å²) in [5.74, 6) is 1.44. The van der Waals surface area contributed by atoms with Crippen LogP contribution in [0.5, 0.6) is 0 Å². The standard InChI is InChI=1S/C20H28N6O/c1-4-16-13(2)18(24-23-16)20(27)26-10-7-17-15(12-26)11-21-19(22-17)14-5-8-25(3)9-6-14/h11,14H,4-10,12H2,1-3H3,(H,23,24). The normalized spacial score (nSPS) is 18.6. The van der Waals surface area contributed by atoms with E-state index >= 15 is 0 Å². The van der Waals surface area contributed by atoms with Crippen molar-refractivity contribution in [3.05, 3.63) is 40.2 Å². The summed E-state index contributed by atoms with van der Waals surface area (Å²) in [7, 11) is 2.17. The van der Waals surface area contributed by atoms with Gasteiger partial charge in [-0.15, -0.1) is 0 Å². The number of hydrogen-bond donors (Lipinski definition) is 1. The van der Waals surface area contributed by atoms with Crippen LogP contribution in [0.15, 0.2) is 6.20 Å². The number of likely N-dealkylation sites (tertiary alicyclic amines) is 1. The van der Waals surface area contributed by atoms with Crippen LogP contribution in [0.1, 0.15) is 64.5 Å². The summed E-state index contributed by atoms with van der Waals surface area (Å²) in [6.07, 6.45) is 5.82. The Morgan fingerprint density at radius 3 is 2.78 bits per heavy atom. The lowest BCUT2D eigenvalue weighted by Crippen LogP contribution is -2.37. The molecule has 2 aromatic rings. The number of carbonyl (C=O) groups excluding carboxylic acids is 1. The number of carbonyl (C=O) groups is 1. The molecule has 0 atom stereocenters. The van der Waals surface area contributed by atoms with Crippen molar-refractivity contribution in [1.29, 1.82) is 0 Å². The Bertz CT molecular complexity index is 837. The molecule has 0 radical (unpaired) electrons. The Hall–Kier alpha value is -2.28. The van der Waals surface area contributed by atoms with Crippen molar-refractivity contribution in [3.63, 3.8) is 0 Å². The van der Waals surface area contributed by atoms with Crippen LogP contribution in [0.4, 0.5) is 0 Å². The number of fused-ring (bicyclic) bond motifs is 1. The molecule has 27 heavy (non-hydrogen) atoms. The topological polar surface area (TPSA) is 78.0 Å². The minimum absolute atomic E-state index is 0.00602. The Balaban J connectivity index is 1.48. The molecule has 0 spiro atoms. The second kappa shape index (κ2) is 7.38. The molecule has 0 aromatic carbocycles. The van der Waals surface area contributed by atoms with Crippen molar-refractivity contribution in [3.8, 4) is 0 Å². The third kappa shape index (κ3) is 3.48. The summed E-state index contributed by atoms with van der Waals surface area (Å²) in [4.78, 5) is 26.7. The lowest BCUT2D eigenvalue weighted by atomic mass is 9.95. The van der Waals surface area contributed by atoms with E-state index in [4.69, 9.17) is 4.98 Å². The van der Waals surface area contributed by atoms with Gasteiger partial charge in [0, 0.05) is 48.4 Å². The maximum atomic E-state index is 12.9. The Kier molecular flexibility index (Phi) is 4.95. The average Bonchev–Trinajstić information content (AvgIpc) is 3.07. The van der Waals surface area contributed by atoms with Crippen LogP contribution in [-0.4, -0.2) is 62.6 Å². The van der Waals surface area contributed by atoms with E-state index in [1.807, 2.05) is 18.0 Å². The van der Waals surface area contributed by atoms with E-state index < -0.39 is 0 Å². The van der Waals surface area contributed by atoms with Crippen LogP contribution < -0.4 is 0 Å². The van der Waals surface area contributed by atoms with E-state index in [9.17, 15) is 4.79 Å². The number of aromatic nitrogens is 4. The fraction of sp³-hybridized carbons (Fsp3) is 0.600. The van der Waals surface area contributed by atoms with Crippen molar-refractivity contribution in [1.82, 2.24) is 30.0 Å². The van der Waals surface area contributed by atoms with Crippen molar-refractivity contribution < 1.29 is 4.79 Å². The molecule has 0 bridgehead atoms. The summed E-state index contributed by atoms with van der Waals surface area (Å²) in [5.41, 5.74) is 4.70. The highest BCUT2D eigenvalue weighted by atomic mass is 16.2. The lowest BCUT2D eigenvalue weighted by Gasteiger charge is -2.30. The smallest absolute Gasteiger partial charge is 0.274 e. The molecule has 2 aliphatic heterocycles. The first kappa shape index (κ1) is 18.1. The first-order valence-electron chi connectivity index (χ1n) is 9.93. The van der Waals surface area contributed by atoms with Gasteiger partial charge in [-0.3, -0.25) is 9.89 Å².